The van der Waals surface area contributed by atoms with Crippen LogP contribution < -0.4 is 10.1 Å². The smallest absolute Gasteiger partial charge is 0.416 e. The molecule has 1 heterocycles. The summed E-state index contributed by atoms with van der Waals surface area (Å²) in [5, 5.41) is 2.56. The van der Waals surface area contributed by atoms with Crippen LogP contribution in [0.3, 0.4) is 0 Å². The molecule has 1 amide bonds. The van der Waals surface area contributed by atoms with E-state index in [0.29, 0.717) is 17.7 Å². The average molecular weight is 454 g/mol. The molecule has 7 heteroatoms. The molecule has 0 fully saturated rings. The molecule has 3 aliphatic rings. The van der Waals surface area contributed by atoms with Crippen molar-refractivity contribution in [1.82, 2.24) is 4.90 Å². The lowest BCUT2D eigenvalue weighted by atomic mass is 10.0. The molecule has 1 aromatic carbocycles. The second-order valence-electron chi connectivity index (χ2n) is 8.43. The van der Waals surface area contributed by atoms with Crippen LogP contribution in [0.1, 0.15) is 28.7 Å². The molecule has 0 aromatic heterocycles. The molecule has 0 saturated heterocycles. The number of fused-ring (bicyclic) bond motifs is 2. The first kappa shape index (κ1) is 22.9. The highest BCUT2D eigenvalue weighted by Crippen LogP contribution is 2.42. The number of hydrogen-bond donors (Lipinski definition) is 1. The van der Waals surface area contributed by atoms with Crippen molar-refractivity contribution in [3.8, 4) is 16.9 Å². The molecule has 1 N–H and O–H groups in total. The van der Waals surface area contributed by atoms with Gasteiger partial charge in [0.2, 0.25) is 0 Å². The quantitative estimate of drug-likeness (QED) is 0.370. The molecule has 1 aromatic rings. The van der Waals surface area contributed by atoms with E-state index in [1.54, 1.807) is 6.08 Å². The van der Waals surface area contributed by atoms with Gasteiger partial charge in [0.1, 0.15) is 5.75 Å². The van der Waals surface area contributed by atoms with Gasteiger partial charge in [-0.05, 0) is 68.4 Å². The number of nitrogens with one attached hydrogen (secondary N) is 1. The van der Waals surface area contributed by atoms with Crippen molar-refractivity contribution >= 4 is 23.2 Å². The molecule has 0 radical (unpaired) electrons. The average Bonchev–Trinajstić information content (AvgIpc) is 3.11. The number of alkyl halides is 3. The minimum atomic E-state index is -4.47. The van der Waals surface area contributed by atoms with E-state index in [9.17, 15) is 18.0 Å². The summed E-state index contributed by atoms with van der Waals surface area (Å²) in [5.74, 6) is 0.346. The monoisotopic (exact) mass is 454 g/mol. The highest BCUT2D eigenvalue weighted by molar-refractivity contribution is 6.35. The Morgan fingerprint density at radius 3 is 2.55 bits per heavy atom. The fourth-order valence-electron chi connectivity index (χ4n) is 4.10. The van der Waals surface area contributed by atoms with Crippen LogP contribution in [-0.4, -0.2) is 38.1 Å². The first-order valence-electron chi connectivity index (χ1n) is 10.7. The standard InChI is InChI=1S/C26H25F3N2O2/c1-16-13-17(19-7-4-5-8-23(24(16)19)33-12-6-11-31(2)3)14-21-20-10-9-18(26(27,28)29)15-22(20)30-25(21)32/h4-5,7-10,13-15H,6,11-12H2,1-3H3,(H,30,32)/b21-14-. The number of hydrogen-bond acceptors (Lipinski definition) is 3. The first-order chi connectivity index (χ1) is 15.6. The summed E-state index contributed by atoms with van der Waals surface area (Å²) in [5.41, 5.74) is 3.87. The van der Waals surface area contributed by atoms with Crippen molar-refractivity contribution in [2.75, 3.05) is 32.6 Å². The largest absolute Gasteiger partial charge is 0.493 e. The Morgan fingerprint density at radius 2 is 1.82 bits per heavy atom. The van der Waals surface area contributed by atoms with Crippen molar-refractivity contribution in [1.29, 1.82) is 0 Å². The lowest BCUT2D eigenvalue weighted by Crippen LogP contribution is -2.15. The van der Waals surface area contributed by atoms with Gasteiger partial charge in [-0.2, -0.15) is 13.2 Å². The summed E-state index contributed by atoms with van der Waals surface area (Å²) < 4.78 is 45.3. The number of carbonyl (C=O) groups is 1. The van der Waals surface area contributed by atoms with Crippen molar-refractivity contribution in [3.63, 3.8) is 0 Å². The maximum Gasteiger partial charge on any atom is 0.416 e. The van der Waals surface area contributed by atoms with E-state index in [1.165, 1.54) is 6.07 Å². The molecule has 172 valence electrons. The van der Waals surface area contributed by atoms with Crippen LogP contribution >= 0.6 is 0 Å². The topological polar surface area (TPSA) is 41.6 Å². The molecule has 2 aliphatic carbocycles. The van der Waals surface area contributed by atoms with Gasteiger partial charge in [-0.25, -0.2) is 0 Å². The van der Waals surface area contributed by atoms with Crippen molar-refractivity contribution in [2.24, 2.45) is 0 Å². The number of nitrogens with zero attached hydrogens (tertiary/aromatic N) is 1. The fourth-order valence-corrected chi connectivity index (χ4v) is 4.10. The second kappa shape index (κ2) is 8.90. The minimum Gasteiger partial charge on any atom is -0.493 e. The zero-order chi connectivity index (χ0) is 23.8. The lowest BCUT2D eigenvalue weighted by Gasteiger charge is -2.12. The van der Waals surface area contributed by atoms with Crippen LogP contribution in [0.4, 0.5) is 18.9 Å². The zero-order valence-electron chi connectivity index (χ0n) is 18.7. The third kappa shape index (κ3) is 4.73. The molecule has 0 bridgehead atoms. The molecule has 4 nitrogen and oxygen atoms in total. The second-order valence-corrected chi connectivity index (χ2v) is 8.43. The number of halogens is 3. The van der Waals surface area contributed by atoms with E-state index in [-0.39, 0.29) is 5.69 Å². The van der Waals surface area contributed by atoms with Crippen molar-refractivity contribution < 1.29 is 22.7 Å². The zero-order valence-corrected chi connectivity index (χ0v) is 18.7. The molecule has 4 rings (SSSR count). The predicted molar refractivity (Wildman–Crippen MR) is 124 cm³/mol. The first-order valence-corrected chi connectivity index (χ1v) is 10.7. The van der Waals surface area contributed by atoms with Gasteiger partial charge in [-0.3, -0.25) is 4.79 Å². The minimum absolute atomic E-state index is 0.170. The van der Waals surface area contributed by atoms with E-state index in [0.717, 1.165) is 53.1 Å². The van der Waals surface area contributed by atoms with E-state index in [2.05, 4.69) is 10.2 Å². The Kier molecular flexibility index (Phi) is 6.17. The van der Waals surface area contributed by atoms with E-state index >= 15 is 0 Å². The number of benzene rings is 1. The predicted octanol–water partition coefficient (Wildman–Crippen LogP) is 5.94. The van der Waals surface area contributed by atoms with Crippen molar-refractivity contribution in [3.05, 3.63) is 70.8 Å². The van der Waals surface area contributed by atoms with Gasteiger partial charge in [0, 0.05) is 28.9 Å². The van der Waals surface area contributed by atoms with Gasteiger partial charge in [-0.15, -0.1) is 0 Å². The summed E-state index contributed by atoms with van der Waals surface area (Å²) in [6, 6.07) is 13.0. The third-order valence-electron chi connectivity index (χ3n) is 5.65. The van der Waals surface area contributed by atoms with Gasteiger partial charge >= 0.3 is 6.18 Å². The molecule has 1 aliphatic heterocycles. The number of carbonyl (C=O) groups excluding carboxylic acids is 1. The highest BCUT2D eigenvalue weighted by Gasteiger charge is 2.33. The maximum absolute atomic E-state index is 13.1. The Labute approximate surface area is 191 Å². The van der Waals surface area contributed by atoms with Gasteiger partial charge in [-0.1, -0.05) is 30.3 Å². The molecule has 0 saturated carbocycles. The molecule has 0 unspecified atom stereocenters. The third-order valence-corrected chi connectivity index (χ3v) is 5.65. The Bertz CT molecular complexity index is 1200. The van der Waals surface area contributed by atoms with Crippen LogP contribution in [0.2, 0.25) is 0 Å². The van der Waals surface area contributed by atoms with Gasteiger partial charge in [0.15, 0.2) is 0 Å². The van der Waals surface area contributed by atoms with Gasteiger partial charge in [0.25, 0.3) is 5.91 Å². The molecular weight excluding hydrogens is 429 g/mol. The lowest BCUT2D eigenvalue weighted by molar-refractivity contribution is -0.137. The number of rotatable bonds is 6. The van der Waals surface area contributed by atoms with Crippen molar-refractivity contribution in [2.45, 2.75) is 19.5 Å². The Morgan fingerprint density at radius 1 is 1.06 bits per heavy atom. The summed E-state index contributed by atoms with van der Waals surface area (Å²) in [6.07, 6.45) is -1.84. The van der Waals surface area contributed by atoms with E-state index < -0.39 is 17.6 Å². The summed E-state index contributed by atoms with van der Waals surface area (Å²) in [4.78, 5) is 14.7. The Balaban J connectivity index is 1.68. The SMILES string of the molecule is Cc1cc(/C=C2\C(=O)Nc3cc(C(F)(F)F)ccc32)c2ccccc(OCCCN(C)C)c1-2. The van der Waals surface area contributed by atoms with Gasteiger partial charge in [0.05, 0.1) is 12.2 Å². The number of aryl methyl sites for hydroxylation is 1. The number of amides is 1. The summed E-state index contributed by atoms with van der Waals surface area (Å²) in [7, 11) is 4.03. The van der Waals surface area contributed by atoms with E-state index in [1.807, 2.05) is 51.4 Å². The van der Waals surface area contributed by atoms with Crippen LogP contribution in [0.15, 0.2) is 48.5 Å². The van der Waals surface area contributed by atoms with Crippen LogP contribution in [0, 0.1) is 6.92 Å². The fraction of sp³-hybridized carbons (Fsp3) is 0.269. The van der Waals surface area contributed by atoms with E-state index in [4.69, 9.17) is 4.74 Å². The van der Waals surface area contributed by atoms with Crippen LogP contribution in [0.25, 0.3) is 22.8 Å². The molecule has 0 spiro atoms. The normalized spacial score (nSPS) is 14.8. The van der Waals surface area contributed by atoms with Gasteiger partial charge < -0.3 is 15.0 Å². The summed E-state index contributed by atoms with van der Waals surface area (Å²) >= 11 is 0. The van der Waals surface area contributed by atoms with Crippen LogP contribution in [0.5, 0.6) is 5.75 Å². The molecule has 33 heavy (non-hydrogen) atoms. The van der Waals surface area contributed by atoms with Crippen LogP contribution in [-0.2, 0) is 11.0 Å². The maximum atomic E-state index is 13.1. The summed E-state index contributed by atoms with van der Waals surface area (Å²) in [6.45, 7) is 3.48. The number of anilines is 1. The highest BCUT2D eigenvalue weighted by atomic mass is 19.4. The number of ether oxygens (including phenoxy) is 1. The molecule has 0 atom stereocenters. The molecular formula is C26H25F3N2O2. The Hall–Kier alpha value is -3.32.